The smallest absolute Gasteiger partial charge is 0.744 e. The first-order valence-electron chi connectivity index (χ1n) is 4.85. The molecule has 0 bridgehead atoms. The van der Waals surface area contributed by atoms with Gasteiger partial charge in [-0.3, -0.25) is 0 Å². The Morgan fingerprint density at radius 3 is 2.35 bits per heavy atom. The molecule has 3 nitrogen and oxygen atoms in total. The van der Waals surface area contributed by atoms with Crippen molar-refractivity contribution in [3.63, 3.8) is 0 Å². The van der Waals surface area contributed by atoms with Gasteiger partial charge in [-0.15, -0.1) is 0 Å². The monoisotopic (exact) mass is 258 g/mol. The Hall–Kier alpha value is -0.390. The summed E-state index contributed by atoms with van der Waals surface area (Å²) >= 11 is 0. The molecule has 0 aromatic heterocycles. The molecule has 0 saturated carbocycles. The number of rotatable bonds is 1. The first-order chi connectivity index (χ1) is 7.39. The van der Waals surface area contributed by atoms with Gasteiger partial charge in [0.05, 0.1) is 4.90 Å². The van der Waals surface area contributed by atoms with Crippen molar-refractivity contribution in [2.24, 2.45) is 0 Å². The topological polar surface area (TPSA) is 57.2 Å². The Morgan fingerprint density at radius 2 is 1.76 bits per heavy atom. The molecule has 2 aromatic carbocycles. The predicted octanol–water partition coefficient (Wildman–Crippen LogP) is -0.635. The third-order valence-electron chi connectivity index (χ3n) is 2.56. The maximum atomic E-state index is 11.2. The quantitative estimate of drug-likeness (QED) is 0.505. The van der Waals surface area contributed by atoms with Crippen molar-refractivity contribution in [1.29, 1.82) is 0 Å². The molecule has 0 aliphatic rings. The molecule has 84 valence electrons. The molecule has 0 spiro atoms. The van der Waals surface area contributed by atoms with E-state index in [2.05, 4.69) is 0 Å². The molecule has 0 aliphatic carbocycles. The Kier molecular flexibility index (Phi) is 4.38. The average molecular weight is 258 g/mol. The van der Waals surface area contributed by atoms with Crippen molar-refractivity contribution < 1.29 is 42.5 Å². The van der Waals surface area contributed by atoms with Crippen molar-refractivity contribution >= 4 is 20.9 Å². The fraction of sp³-hybridized carbons (Fsp3) is 0.167. The minimum absolute atomic E-state index is 0. The Balaban J connectivity index is 0.00000144. The van der Waals surface area contributed by atoms with Crippen molar-refractivity contribution in [3.8, 4) is 0 Å². The van der Waals surface area contributed by atoms with Gasteiger partial charge in [-0.05, 0) is 36.4 Å². The van der Waals surface area contributed by atoms with E-state index in [-0.39, 0.29) is 34.5 Å². The fourth-order valence-corrected chi connectivity index (χ4v) is 2.77. The fourth-order valence-electron chi connectivity index (χ4n) is 1.91. The van der Waals surface area contributed by atoms with E-state index in [1.807, 2.05) is 18.2 Å². The van der Waals surface area contributed by atoms with Crippen LogP contribution in [0.3, 0.4) is 0 Å². The average Bonchev–Trinajstić information content (AvgIpc) is 2.15. The summed E-state index contributed by atoms with van der Waals surface area (Å²) in [7, 11) is -4.42. The van der Waals surface area contributed by atoms with Gasteiger partial charge in [0.2, 0.25) is 0 Å². The first kappa shape index (κ1) is 14.7. The van der Waals surface area contributed by atoms with Gasteiger partial charge in [0, 0.05) is 5.39 Å². The SMILES string of the molecule is Cc1cc(S(=O)(=O)[O-])c2c(C)cccc2c1.[Na+]. The van der Waals surface area contributed by atoms with Gasteiger partial charge in [-0.2, -0.15) is 0 Å². The van der Waals surface area contributed by atoms with Crippen molar-refractivity contribution in [3.05, 3.63) is 41.5 Å². The van der Waals surface area contributed by atoms with Crippen LogP contribution in [0.1, 0.15) is 11.1 Å². The summed E-state index contributed by atoms with van der Waals surface area (Å²) in [5.74, 6) is 0. The van der Waals surface area contributed by atoms with Crippen molar-refractivity contribution in [1.82, 2.24) is 0 Å². The van der Waals surface area contributed by atoms with Crippen LogP contribution in [0.5, 0.6) is 0 Å². The van der Waals surface area contributed by atoms with Gasteiger partial charge in [0.25, 0.3) is 0 Å². The van der Waals surface area contributed by atoms with Gasteiger partial charge >= 0.3 is 29.6 Å². The maximum absolute atomic E-state index is 11.2. The molecular weight excluding hydrogens is 247 g/mol. The van der Waals surface area contributed by atoms with Crippen LogP contribution in [-0.2, 0) is 10.1 Å². The second-order valence-corrected chi connectivity index (χ2v) is 5.24. The maximum Gasteiger partial charge on any atom is 1.00 e. The van der Waals surface area contributed by atoms with Crippen LogP contribution in [0.2, 0.25) is 0 Å². The predicted molar refractivity (Wildman–Crippen MR) is 61.4 cm³/mol. The van der Waals surface area contributed by atoms with E-state index >= 15 is 0 Å². The molecule has 0 saturated heterocycles. The van der Waals surface area contributed by atoms with Gasteiger partial charge in [-0.25, -0.2) is 8.42 Å². The number of hydrogen-bond acceptors (Lipinski definition) is 3. The number of benzene rings is 2. The zero-order valence-corrected chi connectivity index (χ0v) is 12.8. The van der Waals surface area contributed by atoms with Crippen LogP contribution in [0, 0.1) is 13.8 Å². The molecule has 2 aromatic rings. The summed E-state index contributed by atoms with van der Waals surface area (Å²) in [5, 5.41) is 1.32. The van der Waals surface area contributed by atoms with Gasteiger partial charge in [0.1, 0.15) is 10.1 Å². The molecule has 0 fully saturated rings. The van der Waals surface area contributed by atoms with E-state index < -0.39 is 10.1 Å². The zero-order chi connectivity index (χ0) is 11.9. The number of fused-ring (bicyclic) bond motifs is 1. The molecule has 5 heteroatoms. The summed E-state index contributed by atoms with van der Waals surface area (Å²) in [5.41, 5.74) is 1.57. The molecule has 0 N–H and O–H groups in total. The normalized spacial score (nSPS) is 11.2. The molecule has 17 heavy (non-hydrogen) atoms. The minimum Gasteiger partial charge on any atom is -0.744 e. The third kappa shape index (κ3) is 2.89. The van der Waals surface area contributed by atoms with Crippen LogP contribution >= 0.6 is 0 Å². The van der Waals surface area contributed by atoms with E-state index in [0.29, 0.717) is 5.39 Å². The summed E-state index contributed by atoms with van der Waals surface area (Å²) in [6, 6.07) is 8.75. The van der Waals surface area contributed by atoms with E-state index in [9.17, 15) is 13.0 Å². The van der Waals surface area contributed by atoms with E-state index in [4.69, 9.17) is 0 Å². The Labute approximate surface area is 123 Å². The molecule has 0 aliphatic heterocycles. The summed E-state index contributed by atoms with van der Waals surface area (Å²) < 4.78 is 33.6. The van der Waals surface area contributed by atoms with E-state index in [1.54, 1.807) is 19.9 Å². The van der Waals surface area contributed by atoms with Crippen LogP contribution in [-0.4, -0.2) is 13.0 Å². The molecule has 0 atom stereocenters. The molecule has 0 heterocycles. The first-order valence-corrected chi connectivity index (χ1v) is 6.26. The van der Waals surface area contributed by atoms with Gasteiger partial charge in [0.15, 0.2) is 0 Å². The summed E-state index contributed by atoms with van der Waals surface area (Å²) in [6.07, 6.45) is 0. The zero-order valence-electron chi connectivity index (χ0n) is 10.0. The molecular formula is C12H11NaO3S. The molecule has 2 rings (SSSR count). The molecule has 0 radical (unpaired) electrons. The van der Waals surface area contributed by atoms with Gasteiger partial charge < -0.3 is 4.55 Å². The van der Waals surface area contributed by atoms with Crippen LogP contribution < -0.4 is 29.6 Å². The van der Waals surface area contributed by atoms with Crippen molar-refractivity contribution in [2.45, 2.75) is 18.7 Å². The minimum atomic E-state index is -4.42. The Bertz CT molecular complexity index is 663. The molecule has 0 unspecified atom stereocenters. The number of aryl methyl sites for hydroxylation is 2. The van der Waals surface area contributed by atoms with Crippen molar-refractivity contribution in [2.75, 3.05) is 0 Å². The largest absolute Gasteiger partial charge is 1.00 e. The van der Waals surface area contributed by atoms with E-state index in [0.717, 1.165) is 16.5 Å². The summed E-state index contributed by atoms with van der Waals surface area (Å²) in [6.45, 7) is 3.57. The van der Waals surface area contributed by atoms with Gasteiger partial charge in [-0.1, -0.05) is 24.3 Å². The summed E-state index contributed by atoms with van der Waals surface area (Å²) in [4.78, 5) is -0.124. The second-order valence-electron chi connectivity index (χ2n) is 3.89. The van der Waals surface area contributed by atoms with E-state index in [1.165, 1.54) is 6.07 Å². The standard InChI is InChI=1S/C12H12O3S.Na/c1-8-6-10-5-3-4-9(2)12(10)11(7-8)16(13,14)15;/h3-7H,1-2H3,(H,13,14,15);/q;+1/p-1. The van der Waals surface area contributed by atoms with Crippen LogP contribution in [0.15, 0.2) is 35.2 Å². The molecule has 0 amide bonds. The second kappa shape index (κ2) is 5.08. The third-order valence-corrected chi connectivity index (χ3v) is 3.42. The van der Waals surface area contributed by atoms with Crippen LogP contribution in [0.4, 0.5) is 0 Å². The Morgan fingerprint density at radius 1 is 1.12 bits per heavy atom. The number of hydrogen-bond donors (Lipinski definition) is 0. The van der Waals surface area contributed by atoms with Crippen LogP contribution in [0.25, 0.3) is 10.8 Å².